The zero-order valence-corrected chi connectivity index (χ0v) is 9.60. The van der Waals surface area contributed by atoms with Gasteiger partial charge in [-0.1, -0.05) is 43.2 Å². The van der Waals surface area contributed by atoms with Crippen LogP contribution in [0.1, 0.15) is 31.2 Å². The lowest BCUT2D eigenvalue weighted by Crippen LogP contribution is -2.43. The fourth-order valence-corrected chi connectivity index (χ4v) is 2.74. The van der Waals surface area contributed by atoms with Gasteiger partial charge in [0.15, 0.2) is 0 Å². The summed E-state index contributed by atoms with van der Waals surface area (Å²) < 4.78 is 0. The molecule has 1 fully saturated rings. The van der Waals surface area contributed by atoms with Crippen LogP contribution in [-0.2, 0) is 6.42 Å². The minimum Gasteiger partial charge on any atom is -0.396 e. The van der Waals surface area contributed by atoms with Crippen LogP contribution in [0, 0.1) is 5.41 Å². The maximum atomic E-state index is 10.1. The van der Waals surface area contributed by atoms with E-state index in [1.807, 2.05) is 18.2 Å². The fraction of sp³-hybridized carbons (Fsp3) is 0.571. The Kier molecular flexibility index (Phi) is 3.62. The Morgan fingerprint density at radius 2 is 1.94 bits per heavy atom. The third kappa shape index (κ3) is 2.28. The SMILES string of the molecule is OCC1(Cc2ccccc2)CCCCC1O. The minimum atomic E-state index is -0.355. The highest BCUT2D eigenvalue weighted by Gasteiger charge is 2.39. The molecule has 1 aliphatic rings. The lowest BCUT2D eigenvalue weighted by atomic mass is 9.69. The lowest BCUT2D eigenvalue weighted by Gasteiger charge is -2.40. The lowest BCUT2D eigenvalue weighted by molar-refractivity contribution is -0.0472. The molecular weight excluding hydrogens is 200 g/mol. The van der Waals surface area contributed by atoms with Crippen LogP contribution in [0.2, 0.25) is 0 Å². The van der Waals surface area contributed by atoms with Gasteiger partial charge in [-0.05, 0) is 24.8 Å². The molecule has 0 aromatic heterocycles. The van der Waals surface area contributed by atoms with Crippen molar-refractivity contribution < 1.29 is 10.2 Å². The molecule has 0 amide bonds. The number of hydrogen-bond acceptors (Lipinski definition) is 2. The van der Waals surface area contributed by atoms with Crippen LogP contribution in [0.3, 0.4) is 0 Å². The maximum absolute atomic E-state index is 10.1. The van der Waals surface area contributed by atoms with Gasteiger partial charge >= 0.3 is 0 Å². The van der Waals surface area contributed by atoms with E-state index in [0.29, 0.717) is 0 Å². The molecule has 0 bridgehead atoms. The summed E-state index contributed by atoms with van der Waals surface area (Å²) in [6, 6.07) is 10.1. The summed E-state index contributed by atoms with van der Waals surface area (Å²) in [7, 11) is 0. The topological polar surface area (TPSA) is 40.5 Å². The van der Waals surface area contributed by atoms with Crippen molar-refractivity contribution in [2.75, 3.05) is 6.61 Å². The molecule has 0 saturated heterocycles. The first-order valence-electron chi connectivity index (χ1n) is 6.10. The van der Waals surface area contributed by atoms with E-state index in [2.05, 4.69) is 12.1 Å². The van der Waals surface area contributed by atoms with Crippen LogP contribution in [0.4, 0.5) is 0 Å². The second-order valence-corrected chi connectivity index (χ2v) is 4.94. The van der Waals surface area contributed by atoms with E-state index >= 15 is 0 Å². The summed E-state index contributed by atoms with van der Waals surface area (Å²) >= 11 is 0. The van der Waals surface area contributed by atoms with Crippen LogP contribution in [-0.4, -0.2) is 22.9 Å². The van der Waals surface area contributed by atoms with E-state index in [0.717, 1.165) is 32.1 Å². The zero-order valence-electron chi connectivity index (χ0n) is 9.60. The van der Waals surface area contributed by atoms with Crippen molar-refractivity contribution in [2.45, 2.75) is 38.2 Å². The van der Waals surface area contributed by atoms with Crippen molar-refractivity contribution in [1.29, 1.82) is 0 Å². The Balaban J connectivity index is 2.15. The van der Waals surface area contributed by atoms with Crippen molar-refractivity contribution in [2.24, 2.45) is 5.41 Å². The van der Waals surface area contributed by atoms with E-state index in [-0.39, 0.29) is 18.1 Å². The normalized spacial score (nSPS) is 30.2. The maximum Gasteiger partial charge on any atom is 0.0621 e. The van der Waals surface area contributed by atoms with Gasteiger partial charge in [0.2, 0.25) is 0 Å². The Hall–Kier alpha value is -0.860. The molecule has 88 valence electrons. The highest BCUT2D eigenvalue weighted by Crippen LogP contribution is 2.39. The molecule has 0 aliphatic heterocycles. The molecule has 0 heterocycles. The van der Waals surface area contributed by atoms with Crippen molar-refractivity contribution in [1.82, 2.24) is 0 Å². The first kappa shape index (κ1) is 11.6. The fourth-order valence-electron chi connectivity index (χ4n) is 2.74. The monoisotopic (exact) mass is 220 g/mol. The average molecular weight is 220 g/mol. The number of rotatable bonds is 3. The molecular formula is C14H20O2. The van der Waals surface area contributed by atoms with Crippen LogP contribution in [0.15, 0.2) is 30.3 Å². The van der Waals surface area contributed by atoms with Gasteiger partial charge in [-0.15, -0.1) is 0 Å². The minimum absolute atomic E-state index is 0.0864. The quantitative estimate of drug-likeness (QED) is 0.819. The van der Waals surface area contributed by atoms with Crippen molar-refractivity contribution in [3.8, 4) is 0 Å². The highest BCUT2D eigenvalue weighted by atomic mass is 16.3. The van der Waals surface area contributed by atoms with Gasteiger partial charge in [0.1, 0.15) is 0 Å². The predicted octanol–water partition coefficient (Wildman–Crippen LogP) is 2.14. The predicted molar refractivity (Wildman–Crippen MR) is 64.1 cm³/mol. The largest absolute Gasteiger partial charge is 0.396 e. The highest BCUT2D eigenvalue weighted by molar-refractivity contribution is 5.17. The molecule has 2 atom stereocenters. The number of aliphatic hydroxyl groups is 2. The van der Waals surface area contributed by atoms with E-state index in [4.69, 9.17) is 0 Å². The third-order valence-corrected chi connectivity index (χ3v) is 3.82. The van der Waals surface area contributed by atoms with Crippen molar-refractivity contribution in [3.63, 3.8) is 0 Å². The summed E-state index contributed by atoms with van der Waals surface area (Å²) in [4.78, 5) is 0. The van der Waals surface area contributed by atoms with Crippen LogP contribution in [0.5, 0.6) is 0 Å². The van der Waals surface area contributed by atoms with Gasteiger partial charge in [0.05, 0.1) is 12.7 Å². The molecule has 2 nitrogen and oxygen atoms in total. The molecule has 0 spiro atoms. The summed E-state index contributed by atoms with van der Waals surface area (Å²) in [5.41, 5.74) is 0.900. The van der Waals surface area contributed by atoms with Gasteiger partial charge in [-0.2, -0.15) is 0 Å². The van der Waals surface area contributed by atoms with Gasteiger partial charge in [0.25, 0.3) is 0 Å². The number of hydrogen-bond donors (Lipinski definition) is 2. The van der Waals surface area contributed by atoms with E-state index in [1.54, 1.807) is 0 Å². The average Bonchev–Trinajstić information content (AvgIpc) is 2.34. The molecule has 1 aromatic rings. The van der Waals surface area contributed by atoms with E-state index in [9.17, 15) is 10.2 Å². The Morgan fingerprint density at radius 3 is 2.56 bits per heavy atom. The first-order chi connectivity index (χ1) is 7.77. The number of aliphatic hydroxyl groups excluding tert-OH is 2. The Labute approximate surface area is 96.9 Å². The van der Waals surface area contributed by atoms with Crippen LogP contribution in [0.25, 0.3) is 0 Å². The molecule has 2 N–H and O–H groups in total. The summed E-state index contributed by atoms with van der Waals surface area (Å²) in [5, 5.41) is 19.7. The molecule has 2 heteroatoms. The van der Waals surface area contributed by atoms with E-state index < -0.39 is 0 Å². The van der Waals surface area contributed by atoms with Gasteiger partial charge in [-0.3, -0.25) is 0 Å². The third-order valence-electron chi connectivity index (χ3n) is 3.82. The van der Waals surface area contributed by atoms with Gasteiger partial charge < -0.3 is 10.2 Å². The molecule has 2 unspecified atom stereocenters. The molecule has 1 saturated carbocycles. The summed E-state index contributed by atoms with van der Waals surface area (Å²) in [5.74, 6) is 0. The standard InChI is InChI=1S/C14H20O2/c15-11-14(9-5-4-8-13(14)16)10-12-6-2-1-3-7-12/h1-3,6-7,13,15-16H,4-5,8-11H2. The first-order valence-corrected chi connectivity index (χ1v) is 6.10. The molecule has 16 heavy (non-hydrogen) atoms. The second kappa shape index (κ2) is 4.98. The van der Waals surface area contributed by atoms with Crippen molar-refractivity contribution in [3.05, 3.63) is 35.9 Å². The molecule has 1 aromatic carbocycles. The molecule has 2 rings (SSSR count). The van der Waals surface area contributed by atoms with Gasteiger partial charge in [0, 0.05) is 5.41 Å². The Morgan fingerprint density at radius 1 is 1.19 bits per heavy atom. The Bertz CT molecular complexity index is 323. The van der Waals surface area contributed by atoms with Crippen LogP contribution < -0.4 is 0 Å². The van der Waals surface area contributed by atoms with Crippen LogP contribution >= 0.6 is 0 Å². The zero-order chi connectivity index (χ0) is 11.4. The van der Waals surface area contributed by atoms with Gasteiger partial charge in [-0.25, -0.2) is 0 Å². The smallest absolute Gasteiger partial charge is 0.0621 e. The number of benzene rings is 1. The molecule has 0 radical (unpaired) electrons. The summed E-state index contributed by atoms with van der Waals surface area (Å²) in [6.45, 7) is 0.0864. The molecule has 1 aliphatic carbocycles. The van der Waals surface area contributed by atoms with Crippen molar-refractivity contribution >= 4 is 0 Å². The summed E-state index contributed by atoms with van der Waals surface area (Å²) in [6.07, 6.45) is 4.38. The second-order valence-electron chi connectivity index (χ2n) is 4.94. The van der Waals surface area contributed by atoms with E-state index in [1.165, 1.54) is 5.56 Å².